The van der Waals surface area contributed by atoms with Gasteiger partial charge >= 0.3 is 0 Å². The van der Waals surface area contributed by atoms with Gasteiger partial charge < -0.3 is 10.4 Å². The van der Waals surface area contributed by atoms with Crippen molar-refractivity contribution in [2.24, 2.45) is 0 Å². The fourth-order valence-corrected chi connectivity index (χ4v) is 4.34. The van der Waals surface area contributed by atoms with Gasteiger partial charge in [-0.05, 0) is 60.9 Å². The lowest BCUT2D eigenvalue weighted by Gasteiger charge is -2.14. The summed E-state index contributed by atoms with van der Waals surface area (Å²) in [5.74, 6) is 0.00827. The highest BCUT2D eigenvalue weighted by atomic mass is 35.5. The Kier molecular flexibility index (Phi) is 7.90. The van der Waals surface area contributed by atoms with Crippen molar-refractivity contribution in [3.63, 3.8) is 0 Å². The minimum absolute atomic E-state index is 0.0720. The van der Waals surface area contributed by atoms with Crippen molar-refractivity contribution in [3.05, 3.63) is 64.0 Å². The minimum atomic E-state index is -0.0787. The first-order valence-electron chi connectivity index (χ1n) is 9.52. The largest absolute Gasteiger partial charge is 0.508 e. The monoisotopic (exact) mass is 460 g/mol. The van der Waals surface area contributed by atoms with Gasteiger partial charge in [-0.2, -0.15) is 0 Å². The second kappa shape index (κ2) is 10.6. The molecule has 8 heteroatoms. The van der Waals surface area contributed by atoms with E-state index in [1.165, 1.54) is 23.9 Å². The highest BCUT2D eigenvalue weighted by molar-refractivity contribution is 8.26. The predicted molar refractivity (Wildman–Crippen MR) is 127 cm³/mol. The number of phenolic OH excluding ortho intramolecular Hbond substituents is 1. The van der Waals surface area contributed by atoms with E-state index in [0.717, 1.165) is 24.8 Å². The number of rotatable bonds is 8. The normalized spacial score (nSPS) is 15.1. The van der Waals surface area contributed by atoms with E-state index in [9.17, 15) is 14.7 Å². The number of hydrogen-bond donors (Lipinski definition) is 2. The molecule has 2 aromatic rings. The van der Waals surface area contributed by atoms with E-state index in [-0.39, 0.29) is 17.6 Å². The number of hydrogen-bond acceptors (Lipinski definition) is 5. The molecule has 1 aliphatic heterocycles. The third kappa shape index (κ3) is 6.32. The third-order valence-electron chi connectivity index (χ3n) is 4.48. The van der Waals surface area contributed by atoms with Gasteiger partial charge in [-0.25, -0.2) is 0 Å². The van der Waals surface area contributed by atoms with Crippen LogP contribution in [0.2, 0.25) is 5.02 Å². The second-order valence-electron chi connectivity index (χ2n) is 6.79. The van der Waals surface area contributed by atoms with Crippen molar-refractivity contribution in [1.82, 2.24) is 4.90 Å². The lowest BCUT2D eigenvalue weighted by molar-refractivity contribution is -0.122. The molecule has 0 unspecified atom stereocenters. The predicted octanol–water partition coefficient (Wildman–Crippen LogP) is 5.45. The molecule has 1 saturated heterocycles. The molecular formula is C22H21ClN2O3S2. The summed E-state index contributed by atoms with van der Waals surface area (Å²) in [7, 11) is 0. The summed E-state index contributed by atoms with van der Waals surface area (Å²) >= 11 is 12.6. The SMILES string of the molecule is O=C(CCCCCN1C(=O)C(=Cc2ccc(Cl)cc2)SC1=S)Nc1ccc(O)cc1. The summed E-state index contributed by atoms with van der Waals surface area (Å²) < 4.78 is 0.560. The molecule has 0 saturated carbocycles. The molecule has 0 aromatic heterocycles. The lowest BCUT2D eigenvalue weighted by atomic mass is 10.1. The number of unbranched alkanes of at least 4 members (excludes halogenated alkanes) is 2. The van der Waals surface area contributed by atoms with E-state index in [1.54, 1.807) is 29.2 Å². The Morgan fingerprint density at radius 3 is 2.50 bits per heavy atom. The maximum absolute atomic E-state index is 12.6. The number of carbonyl (C=O) groups is 2. The van der Waals surface area contributed by atoms with Gasteiger partial charge in [-0.1, -0.05) is 54.1 Å². The number of benzene rings is 2. The average Bonchev–Trinajstić information content (AvgIpc) is 2.98. The van der Waals surface area contributed by atoms with E-state index < -0.39 is 0 Å². The van der Waals surface area contributed by atoms with Crippen LogP contribution in [0.1, 0.15) is 31.2 Å². The third-order valence-corrected chi connectivity index (χ3v) is 6.11. The number of nitrogens with one attached hydrogen (secondary N) is 1. The van der Waals surface area contributed by atoms with Crippen LogP contribution in [0.15, 0.2) is 53.4 Å². The molecule has 1 fully saturated rings. The zero-order chi connectivity index (χ0) is 21.5. The molecule has 2 N–H and O–H groups in total. The van der Waals surface area contributed by atoms with Gasteiger partial charge in [0.1, 0.15) is 10.1 Å². The van der Waals surface area contributed by atoms with Gasteiger partial charge in [-0.15, -0.1) is 0 Å². The van der Waals surface area contributed by atoms with E-state index in [4.69, 9.17) is 23.8 Å². The molecule has 0 bridgehead atoms. The smallest absolute Gasteiger partial charge is 0.266 e. The highest BCUT2D eigenvalue weighted by Crippen LogP contribution is 2.33. The van der Waals surface area contributed by atoms with Crippen LogP contribution in [0.5, 0.6) is 5.75 Å². The zero-order valence-corrected chi connectivity index (χ0v) is 18.5. The molecule has 30 heavy (non-hydrogen) atoms. The number of phenols is 1. The number of aromatic hydroxyl groups is 1. The van der Waals surface area contributed by atoms with Crippen LogP contribution >= 0.6 is 35.6 Å². The van der Waals surface area contributed by atoms with Crippen molar-refractivity contribution in [3.8, 4) is 5.75 Å². The Bertz CT molecular complexity index is 959. The van der Waals surface area contributed by atoms with Crippen LogP contribution in [0.4, 0.5) is 5.69 Å². The molecule has 2 amide bonds. The average molecular weight is 461 g/mol. The molecule has 5 nitrogen and oxygen atoms in total. The maximum Gasteiger partial charge on any atom is 0.266 e. The van der Waals surface area contributed by atoms with E-state index >= 15 is 0 Å². The number of halogens is 1. The fraction of sp³-hybridized carbons (Fsp3) is 0.227. The Morgan fingerprint density at radius 1 is 1.10 bits per heavy atom. The summed E-state index contributed by atoms with van der Waals surface area (Å²) in [5.41, 5.74) is 1.56. The molecule has 2 aromatic carbocycles. The number of thioether (sulfide) groups is 1. The van der Waals surface area contributed by atoms with Crippen molar-refractivity contribution in [1.29, 1.82) is 0 Å². The van der Waals surface area contributed by atoms with Gasteiger partial charge in [0.25, 0.3) is 5.91 Å². The van der Waals surface area contributed by atoms with Crippen LogP contribution in [-0.2, 0) is 9.59 Å². The van der Waals surface area contributed by atoms with Gasteiger partial charge in [0.2, 0.25) is 5.91 Å². The van der Waals surface area contributed by atoms with Crippen LogP contribution in [0, 0.1) is 0 Å². The molecule has 0 aliphatic carbocycles. The first-order valence-corrected chi connectivity index (χ1v) is 11.1. The van der Waals surface area contributed by atoms with E-state index in [2.05, 4.69) is 5.32 Å². The highest BCUT2D eigenvalue weighted by Gasteiger charge is 2.31. The minimum Gasteiger partial charge on any atom is -0.508 e. The zero-order valence-electron chi connectivity index (χ0n) is 16.1. The molecule has 0 atom stereocenters. The Labute approximate surface area is 190 Å². The number of anilines is 1. The second-order valence-corrected chi connectivity index (χ2v) is 8.90. The van der Waals surface area contributed by atoms with Crippen molar-refractivity contribution in [2.45, 2.75) is 25.7 Å². The summed E-state index contributed by atoms with van der Waals surface area (Å²) in [6.07, 6.45) is 4.53. The topological polar surface area (TPSA) is 69.6 Å². The fourth-order valence-electron chi connectivity index (χ4n) is 2.90. The number of thiocarbonyl (C=S) groups is 1. The Balaban J connectivity index is 1.40. The molecule has 3 rings (SSSR count). The molecule has 0 radical (unpaired) electrons. The van der Waals surface area contributed by atoms with Crippen LogP contribution in [-0.4, -0.2) is 32.7 Å². The molecule has 0 spiro atoms. The summed E-state index contributed by atoms with van der Waals surface area (Å²) in [6, 6.07) is 13.6. The first-order chi connectivity index (χ1) is 14.4. The van der Waals surface area contributed by atoms with Crippen LogP contribution in [0.25, 0.3) is 6.08 Å². The Hall–Kier alpha value is -2.35. The standard InChI is InChI=1S/C22H21ClN2O3S2/c23-16-7-5-15(6-8-16)14-19-21(28)25(22(29)30-19)13-3-1-2-4-20(27)24-17-9-11-18(26)12-10-17/h5-12,14,26H,1-4,13H2,(H,24,27). The van der Waals surface area contributed by atoms with Crippen molar-refractivity contribution in [2.75, 3.05) is 11.9 Å². The molecule has 1 heterocycles. The van der Waals surface area contributed by atoms with Crippen LogP contribution in [0.3, 0.4) is 0 Å². The first kappa shape index (κ1) is 22.3. The van der Waals surface area contributed by atoms with Gasteiger partial charge in [-0.3, -0.25) is 14.5 Å². The summed E-state index contributed by atoms with van der Waals surface area (Å²) in [6.45, 7) is 0.544. The molecular weight excluding hydrogens is 440 g/mol. The number of carbonyl (C=O) groups excluding carboxylic acids is 2. The quantitative estimate of drug-likeness (QED) is 0.237. The van der Waals surface area contributed by atoms with Gasteiger partial charge in [0.05, 0.1) is 4.91 Å². The maximum atomic E-state index is 12.6. The molecule has 1 aliphatic rings. The van der Waals surface area contributed by atoms with Crippen molar-refractivity contribution < 1.29 is 14.7 Å². The lowest BCUT2D eigenvalue weighted by Crippen LogP contribution is -2.29. The van der Waals surface area contributed by atoms with E-state index in [1.807, 2.05) is 18.2 Å². The van der Waals surface area contributed by atoms with Crippen LogP contribution < -0.4 is 5.32 Å². The molecule has 156 valence electrons. The van der Waals surface area contributed by atoms with Gasteiger partial charge in [0.15, 0.2) is 0 Å². The number of nitrogens with zero attached hydrogens (tertiary/aromatic N) is 1. The number of amides is 2. The van der Waals surface area contributed by atoms with Crippen molar-refractivity contribution >= 4 is 63.5 Å². The van der Waals surface area contributed by atoms with E-state index in [0.29, 0.717) is 32.9 Å². The Morgan fingerprint density at radius 2 is 1.80 bits per heavy atom. The summed E-state index contributed by atoms with van der Waals surface area (Å²) in [5, 5.41) is 12.7. The van der Waals surface area contributed by atoms with Gasteiger partial charge in [0, 0.05) is 23.7 Å². The summed E-state index contributed by atoms with van der Waals surface area (Å²) in [4.78, 5) is 26.8.